The minimum Gasteiger partial charge on any atom is -0.487 e. The predicted molar refractivity (Wildman–Crippen MR) is 118 cm³/mol. The number of benzene rings is 2. The van der Waals surface area contributed by atoms with E-state index in [9.17, 15) is 0 Å². The maximum Gasteiger partial charge on any atom is 0.181 e. The van der Waals surface area contributed by atoms with Gasteiger partial charge in [0.2, 0.25) is 0 Å². The van der Waals surface area contributed by atoms with Gasteiger partial charge in [0.05, 0.1) is 5.69 Å². The van der Waals surface area contributed by atoms with E-state index < -0.39 is 0 Å². The topological polar surface area (TPSA) is 65.7 Å². The van der Waals surface area contributed by atoms with E-state index in [-0.39, 0.29) is 0 Å². The van der Waals surface area contributed by atoms with Gasteiger partial charge in [0.15, 0.2) is 5.82 Å². The van der Waals surface area contributed by atoms with Crippen molar-refractivity contribution in [2.75, 3.05) is 0 Å². The van der Waals surface area contributed by atoms with Gasteiger partial charge in [-0.1, -0.05) is 49.4 Å². The Morgan fingerprint density at radius 1 is 0.968 bits per heavy atom. The second kappa shape index (κ2) is 7.95. The summed E-state index contributed by atoms with van der Waals surface area (Å²) >= 11 is 0. The first-order valence-corrected chi connectivity index (χ1v) is 10.6. The second-order valence-electron chi connectivity index (χ2n) is 8.51. The maximum absolute atomic E-state index is 5.92. The van der Waals surface area contributed by atoms with Crippen molar-refractivity contribution in [2.24, 2.45) is 12.5 Å². The van der Waals surface area contributed by atoms with Crippen LogP contribution in [0.2, 0.25) is 0 Å². The number of pyridine rings is 1. The Balaban J connectivity index is 1.36. The molecule has 1 unspecified atom stereocenters. The van der Waals surface area contributed by atoms with Gasteiger partial charge in [0, 0.05) is 24.7 Å². The van der Waals surface area contributed by atoms with Crippen molar-refractivity contribution in [2.45, 2.75) is 32.3 Å². The van der Waals surface area contributed by atoms with E-state index >= 15 is 0 Å². The zero-order valence-corrected chi connectivity index (χ0v) is 17.8. The van der Waals surface area contributed by atoms with Crippen LogP contribution in [0.4, 0.5) is 0 Å². The van der Waals surface area contributed by atoms with Crippen LogP contribution in [0.5, 0.6) is 5.75 Å². The minimum atomic E-state index is 0.296. The number of hydrogen-bond donors (Lipinski definition) is 0. The fraction of sp³-hybridized carbons (Fsp3) is 0.280. The summed E-state index contributed by atoms with van der Waals surface area (Å²) in [6.45, 7) is 2.85. The first-order valence-electron chi connectivity index (χ1n) is 10.6. The molecule has 0 N–H and O–H groups in total. The Morgan fingerprint density at radius 2 is 1.68 bits per heavy atom. The number of rotatable bonds is 7. The first-order chi connectivity index (χ1) is 15.1. The van der Waals surface area contributed by atoms with Crippen LogP contribution in [-0.2, 0) is 13.7 Å². The molecule has 1 aliphatic rings. The number of tetrazole rings is 1. The second-order valence-corrected chi connectivity index (χ2v) is 8.51. The van der Waals surface area contributed by atoms with Crippen molar-refractivity contribution in [3.05, 3.63) is 89.7 Å². The number of ether oxygens (including phenoxy) is 1. The average molecular weight is 412 g/mol. The minimum absolute atomic E-state index is 0.296. The maximum atomic E-state index is 5.92. The van der Waals surface area contributed by atoms with Gasteiger partial charge in [-0.3, -0.25) is 4.98 Å². The molecule has 4 aromatic rings. The number of nitrogens with zero attached hydrogens (tertiary/aromatic N) is 5. The van der Waals surface area contributed by atoms with E-state index in [4.69, 9.17) is 4.74 Å². The molecule has 1 saturated carbocycles. The molecule has 0 amide bonds. The molecule has 0 spiro atoms. The molecular formula is C25H25N5O. The Bertz CT molecular complexity index is 1150. The van der Waals surface area contributed by atoms with Crippen molar-refractivity contribution in [1.82, 2.24) is 25.2 Å². The van der Waals surface area contributed by atoms with Gasteiger partial charge < -0.3 is 4.74 Å². The zero-order chi connectivity index (χ0) is 21.3. The lowest BCUT2D eigenvalue weighted by molar-refractivity contribution is 0.301. The van der Waals surface area contributed by atoms with Crippen LogP contribution in [0.15, 0.2) is 72.9 Å². The Labute approximate surface area is 181 Å². The molecule has 5 rings (SSSR count). The van der Waals surface area contributed by atoms with Crippen LogP contribution >= 0.6 is 0 Å². The first kappa shape index (κ1) is 19.4. The molecule has 6 nitrogen and oxygen atoms in total. The average Bonchev–Trinajstić information content (AvgIpc) is 3.40. The van der Waals surface area contributed by atoms with Crippen LogP contribution in [0, 0.1) is 5.41 Å². The standard InChI is InChI=1S/C25H25N5O/c1-25(14-15-25)23(18-6-8-20(9-7-18)24-27-28-29-30(24)2)19-10-12-22(13-11-19)31-17-21-5-3-4-16-26-21/h3-13,16,23H,14-15,17H2,1-2H3. The molecular weight excluding hydrogens is 386 g/mol. The van der Waals surface area contributed by atoms with Crippen LogP contribution in [0.1, 0.15) is 42.5 Å². The highest BCUT2D eigenvalue weighted by atomic mass is 16.5. The quantitative estimate of drug-likeness (QED) is 0.438. The summed E-state index contributed by atoms with van der Waals surface area (Å²) in [5.74, 6) is 1.98. The van der Waals surface area contributed by atoms with E-state index in [0.717, 1.165) is 22.8 Å². The van der Waals surface area contributed by atoms with Gasteiger partial charge >= 0.3 is 0 Å². The molecule has 0 aliphatic heterocycles. The third-order valence-electron chi connectivity index (χ3n) is 6.18. The Hall–Kier alpha value is -3.54. The third-order valence-corrected chi connectivity index (χ3v) is 6.18. The largest absolute Gasteiger partial charge is 0.487 e. The predicted octanol–water partition coefficient (Wildman–Crippen LogP) is 4.78. The van der Waals surface area contributed by atoms with E-state index in [1.54, 1.807) is 10.9 Å². The Morgan fingerprint density at radius 3 is 2.26 bits per heavy atom. The van der Waals surface area contributed by atoms with Crippen LogP contribution in [0.25, 0.3) is 11.4 Å². The van der Waals surface area contributed by atoms with E-state index in [1.165, 1.54) is 24.0 Å². The van der Waals surface area contributed by atoms with Gasteiger partial charge in [-0.05, 0) is 64.1 Å². The summed E-state index contributed by atoms with van der Waals surface area (Å²) in [4.78, 5) is 4.31. The van der Waals surface area contributed by atoms with Gasteiger partial charge in [0.1, 0.15) is 12.4 Å². The zero-order valence-electron chi connectivity index (χ0n) is 17.8. The van der Waals surface area contributed by atoms with Crippen molar-refractivity contribution < 1.29 is 4.74 Å². The molecule has 1 atom stereocenters. The van der Waals surface area contributed by atoms with Gasteiger partial charge in [-0.15, -0.1) is 5.10 Å². The molecule has 1 fully saturated rings. The SMILES string of the molecule is Cn1nnnc1-c1ccc(C(c2ccc(OCc3ccccn3)cc2)C2(C)CC2)cc1. The molecule has 2 heterocycles. The van der Waals surface area contributed by atoms with E-state index in [2.05, 4.69) is 76.0 Å². The molecule has 0 bridgehead atoms. The normalized spacial score (nSPS) is 15.4. The molecule has 0 radical (unpaired) electrons. The number of aromatic nitrogens is 5. The highest BCUT2D eigenvalue weighted by molar-refractivity contribution is 5.56. The molecule has 2 aromatic heterocycles. The molecule has 2 aromatic carbocycles. The highest BCUT2D eigenvalue weighted by Crippen LogP contribution is 2.58. The van der Waals surface area contributed by atoms with Crippen LogP contribution in [0.3, 0.4) is 0 Å². The molecule has 6 heteroatoms. The summed E-state index contributed by atoms with van der Waals surface area (Å²) in [6, 6.07) is 23.0. The van der Waals surface area contributed by atoms with Gasteiger partial charge in [-0.25, -0.2) is 4.68 Å². The fourth-order valence-corrected chi connectivity index (χ4v) is 4.18. The van der Waals surface area contributed by atoms with Crippen molar-refractivity contribution >= 4 is 0 Å². The monoisotopic (exact) mass is 411 g/mol. The smallest absolute Gasteiger partial charge is 0.181 e. The lowest BCUT2D eigenvalue weighted by Crippen LogP contribution is -2.12. The van der Waals surface area contributed by atoms with Crippen LogP contribution in [-0.4, -0.2) is 25.2 Å². The summed E-state index contributed by atoms with van der Waals surface area (Å²) in [5.41, 5.74) is 4.88. The lowest BCUT2D eigenvalue weighted by atomic mass is 9.79. The lowest BCUT2D eigenvalue weighted by Gasteiger charge is -2.25. The molecule has 31 heavy (non-hydrogen) atoms. The van der Waals surface area contributed by atoms with E-state index in [1.807, 2.05) is 25.2 Å². The van der Waals surface area contributed by atoms with Crippen molar-refractivity contribution in [1.29, 1.82) is 0 Å². The van der Waals surface area contributed by atoms with Crippen molar-refractivity contribution in [3.63, 3.8) is 0 Å². The summed E-state index contributed by atoms with van der Waals surface area (Å²) in [6.07, 6.45) is 4.27. The summed E-state index contributed by atoms with van der Waals surface area (Å²) in [7, 11) is 1.86. The van der Waals surface area contributed by atoms with Crippen molar-refractivity contribution in [3.8, 4) is 17.1 Å². The summed E-state index contributed by atoms with van der Waals surface area (Å²) < 4.78 is 7.61. The molecule has 156 valence electrons. The highest BCUT2D eigenvalue weighted by Gasteiger charge is 2.46. The third kappa shape index (κ3) is 4.06. The fourth-order valence-electron chi connectivity index (χ4n) is 4.18. The number of hydrogen-bond acceptors (Lipinski definition) is 5. The van der Waals surface area contributed by atoms with E-state index in [0.29, 0.717) is 17.9 Å². The molecule has 0 saturated heterocycles. The summed E-state index contributed by atoms with van der Waals surface area (Å²) in [5, 5.41) is 11.8. The Kier molecular flexibility index (Phi) is 4.98. The van der Waals surface area contributed by atoms with Gasteiger partial charge in [-0.2, -0.15) is 0 Å². The molecule has 1 aliphatic carbocycles. The van der Waals surface area contributed by atoms with Crippen LogP contribution < -0.4 is 4.74 Å². The van der Waals surface area contributed by atoms with Gasteiger partial charge in [0.25, 0.3) is 0 Å². The number of aryl methyl sites for hydroxylation is 1.